The van der Waals surface area contributed by atoms with Gasteiger partial charge in [0.15, 0.2) is 12.3 Å². The van der Waals surface area contributed by atoms with Gasteiger partial charge in [0, 0.05) is 16.5 Å². The number of nitrogens with one attached hydrogen (secondary N) is 1. The first-order valence-corrected chi connectivity index (χ1v) is 8.40. The summed E-state index contributed by atoms with van der Waals surface area (Å²) < 4.78 is 7.24. The first-order chi connectivity index (χ1) is 11.9. The van der Waals surface area contributed by atoms with E-state index in [1.54, 1.807) is 30.6 Å². The largest absolute Gasteiger partial charge is 0.482 e. The number of rotatable bonds is 5. The van der Waals surface area contributed by atoms with E-state index >= 15 is 0 Å². The van der Waals surface area contributed by atoms with Crippen LogP contribution < -0.4 is 10.1 Å². The van der Waals surface area contributed by atoms with Crippen LogP contribution in [0.5, 0.6) is 5.75 Å². The standard InChI is InChI=1S/C17H16Cl2N4O2/c1-10(2)23-17-11(7-21-23)5-13(8-20-17)22-16(24)9-25-15-4-3-12(18)6-14(15)19/h3-8,10H,9H2,1-2H3,(H,22,24). The van der Waals surface area contributed by atoms with Crippen LogP contribution in [0.15, 0.2) is 36.7 Å². The summed E-state index contributed by atoms with van der Waals surface area (Å²) in [5, 5.41) is 8.75. The van der Waals surface area contributed by atoms with Gasteiger partial charge in [-0.3, -0.25) is 4.79 Å². The van der Waals surface area contributed by atoms with Crippen molar-refractivity contribution in [3.05, 3.63) is 46.7 Å². The maximum absolute atomic E-state index is 12.1. The lowest BCUT2D eigenvalue weighted by molar-refractivity contribution is -0.118. The summed E-state index contributed by atoms with van der Waals surface area (Å²) in [6.45, 7) is 3.89. The molecule has 8 heteroatoms. The van der Waals surface area contributed by atoms with Crippen molar-refractivity contribution in [2.45, 2.75) is 19.9 Å². The molecule has 3 aromatic rings. The number of benzene rings is 1. The molecule has 3 rings (SSSR count). The second kappa shape index (κ2) is 7.29. The first-order valence-electron chi connectivity index (χ1n) is 7.65. The molecule has 0 saturated carbocycles. The number of fused-ring (bicyclic) bond motifs is 1. The third kappa shape index (κ3) is 4.03. The zero-order valence-corrected chi connectivity index (χ0v) is 15.2. The molecule has 6 nitrogen and oxygen atoms in total. The Kier molecular flexibility index (Phi) is 5.11. The third-order valence-electron chi connectivity index (χ3n) is 3.46. The Balaban J connectivity index is 1.65. The van der Waals surface area contributed by atoms with Crippen LogP contribution in [-0.2, 0) is 4.79 Å². The molecule has 1 amide bonds. The van der Waals surface area contributed by atoms with Gasteiger partial charge in [-0.15, -0.1) is 0 Å². The second-order valence-corrected chi connectivity index (χ2v) is 6.57. The maximum atomic E-state index is 12.1. The highest BCUT2D eigenvalue weighted by atomic mass is 35.5. The van der Waals surface area contributed by atoms with Gasteiger partial charge in [-0.1, -0.05) is 23.2 Å². The fourth-order valence-electron chi connectivity index (χ4n) is 2.32. The number of hydrogen-bond donors (Lipinski definition) is 1. The number of ether oxygens (including phenoxy) is 1. The van der Waals surface area contributed by atoms with E-state index in [0.717, 1.165) is 11.0 Å². The predicted octanol–water partition coefficient (Wildman–Crippen LogP) is 4.34. The lowest BCUT2D eigenvalue weighted by Crippen LogP contribution is -2.20. The average molecular weight is 379 g/mol. The molecule has 25 heavy (non-hydrogen) atoms. The fraction of sp³-hybridized carbons (Fsp3) is 0.235. The van der Waals surface area contributed by atoms with Crippen LogP contribution in [0.3, 0.4) is 0 Å². The lowest BCUT2D eigenvalue weighted by atomic mass is 10.3. The zero-order chi connectivity index (χ0) is 18.0. The van der Waals surface area contributed by atoms with Crippen molar-refractivity contribution >= 4 is 45.8 Å². The minimum atomic E-state index is -0.316. The van der Waals surface area contributed by atoms with E-state index < -0.39 is 0 Å². The molecule has 0 fully saturated rings. The molecule has 2 heterocycles. The second-order valence-electron chi connectivity index (χ2n) is 5.73. The summed E-state index contributed by atoms with van der Waals surface area (Å²) in [4.78, 5) is 16.4. The monoisotopic (exact) mass is 378 g/mol. The number of carbonyl (C=O) groups excluding carboxylic acids is 1. The number of pyridine rings is 1. The van der Waals surface area contributed by atoms with Crippen molar-refractivity contribution in [1.82, 2.24) is 14.8 Å². The average Bonchev–Trinajstić information content (AvgIpc) is 2.97. The minimum Gasteiger partial charge on any atom is -0.482 e. The first kappa shape index (κ1) is 17.5. The molecular weight excluding hydrogens is 363 g/mol. The summed E-state index contributed by atoms with van der Waals surface area (Å²) >= 11 is 11.8. The Morgan fingerprint density at radius 3 is 2.80 bits per heavy atom. The Hall–Kier alpha value is -2.31. The highest BCUT2D eigenvalue weighted by molar-refractivity contribution is 6.35. The molecular formula is C17H16Cl2N4O2. The SMILES string of the molecule is CC(C)n1ncc2cc(NC(=O)COc3ccc(Cl)cc3Cl)cnc21. The molecule has 1 aromatic carbocycles. The molecule has 0 saturated heterocycles. The quantitative estimate of drug-likeness (QED) is 0.716. The topological polar surface area (TPSA) is 69.0 Å². The number of hydrogen-bond acceptors (Lipinski definition) is 4. The molecule has 0 aliphatic carbocycles. The van der Waals surface area contributed by atoms with E-state index in [1.165, 1.54) is 0 Å². The molecule has 1 N–H and O–H groups in total. The van der Waals surface area contributed by atoms with Gasteiger partial charge in [0.25, 0.3) is 5.91 Å². The van der Waals surface area contributed by atoms with Gasteiger partial charge in [-0.05, 0) is 38.1 Å². The molecule has 0 bridgehead atoms. The molecule has 0 atom stereocenters. The zero-order valence-electron chi connectivity index (χ0n) is 13.7. The lowest BCUT2D eigenvalue weighted by Gasteiger charge is -2.09. The van der Waals surface area contributed by atoms with Crippen LogP contribution in [0.1, 0.15) is 19.9 Å². The smallest absolute Gasteiger partial charge is 0.262 e. The van der Waals surface area contributed by atoms with Crippen LogP contribution in [0, 0.1) is 0 Å². The van der Waals surface area contributed by atoms with Crippen molar-refractivity contribution < 1.29 is 9.53 Å². The number of nitrogens with zero attached hydrogens (tertiary/aromatic N) is 3. The molecule has 0 aliphatic rings. The van der Waals surface area contributed by atoms with Gasteiger partial charge < -0.3 is 10.1 Å². The maximum Gasteiger partial charge on any atom is 0.262 e. The van der Waals surface area contributed by atoms with Crippen molar-refractivity contribution in [1.29, 1.82) is 0 Å². The van der Waals surface area contributed by atoms with Crippen molar-refractivity contribution in [3.8, 4) is 5.75 Å². The van der Waals surface area contributed by atoms with E-state index in [9.17, 15) is 4.79 Å². The van der Waals surface area contributed by atoms with E-state index in [-0.39, 0.29) is 18.6 Å². The van der Waals surface area contributed by atoms with Crippen LogP contribution >= 0.6 is 23.2 Å². The highest BCUT2D eigenvalue weighted by Gasteiger charge is 2.10. The van der Waals surface area contributed by atoms with E-state index in [1.807, 2.05) is 24.6 Å². The number of anilines is 1. The van der Waals surface area contributed by atoms with Crippen molar-refractivity contribution in [2.75, 3.05) is 11.9 Å². The van der Waals surface area contributed by atoms with Gasteiger partial charge in [0.1, 0.15) is 5.75 Å². The van der Waals surface area contributed by atoms with Crippen LogP contribution in [0.4, 0.5) is 5.69 Å². The Labute approximate surface area is 154 Å². The minimum absolute atomic E-state index is 0.176. The molecule has 0 spiro atoms. The van der Waals surface area contributed by atoms with Gasteiger partial charge in [0.2, 0.25) is 0 Å². The van der Waals surface area contributed by atoms with E-state index in [4.69, 9.17) is 27.9 Å². The molecule has 0 radical (unpaired) electrons. The van der Waals surface area contributed by atoms with Gasteiger partial charge in [0.05, 0.1) is 23.1 Å². The normalized spacial score (nSPS) is 11.1. The molecule has 0 unspecified atom stereocenters. The van der Waals surface area contributed by atoms with Crippen LogP contribution in [0.2, 0.25) is 10.0 Å². The van der Waals surface area contributed by atoms with Crippen LogP contribution in [0.25, 0.3) is 11.0 Å². The van der Waals surface area contributed by atoms with Gasteiger partial charge in [-0.25, -0.2) is 9.67 Å². The van der Waals surface area contributed by atoms with E-state index in [0.29, 0.717) is 21.5 Å². The Bertz CT molecular complexity index is 924. The number of halogens is 2. The van der Waals surface area contributed by atoms with Gasteiger partial charge in [-0.2, -0.15) is 5.10 Å². The molecule has 130 valence electrons. The number of carbonyl (C=O) groups is 1. The Morgan fingerprint density at radius 1 is 1.28 bits per heavy atom. The van der Waals surface area contributed by atoms with Gasteiger partial charge >= 0.3 is 0 Å². The fourth-order valence-corrected chi connectivity index (χ4v) is 2.78. The number of aromatic nitrogens is 3. The molecule has 2 aromatic heterocycles. The third-order valence-corrected chi connectivity index (χ3v) is 3.99. The summed E-state index contributed by atoms with van der Waals surface area (Å²) in [7, 11) is 0. The van der Waals surface area contributed by atoms with E-state index in [2.05, 4.69) is 15.4 Å². The summed E-state index contributed by atoms with van der Waals surface area (Å²) in [6, 6.07) is 6.85. The number of amides is 1. The van der Waals surface area contributed by atoms with Crippen molar-refractivity contribution in [2.24, 2.45) is 0 Å². The summed E-state index contributed by atoms with van der Waals surface area (Å²) in [5.41, 5.74) is 1.35. The summed E-state index contributed by atoms with van der Waals surface area (Å²) in [5.74, 6) is 0.0800. The predicted molar refractivity (Wildman–Crippen MR) is 98.5 cm³/mol. The highest BCUT2D eigenvalue weighted by Crippen LogP contribution is 2.27. The van der Waals surface area contributed by atoms with Crippen LogP contribution in [-0.4, -0.2) is 27.3 Å². The Morgan fingerprint density at radius 2 is 2.08 bits per heavy atom. The molecule has 0 aliphatic heterocycles. The van der Waals surface area contributed by atoms with Crippen molar-refractivity contribution in [3.63, 3.8) is 0 Å². The summed E-state index contributed by atoms with van der Waals surface area (Å²) in [6.07, 6.45) is 3.32.